The van der Waals surface area contributed by atoms with Crippen LogP contribution in [0, 0.1) is 12.8 Å². The molecule has 0 aliphatic carbocycles. The maximum atomic E-state index is 12.3. The third-order valence-corrected chi connectivity index (χ3v) is 4.75. The number of methoxy groups -OCH3 is 1. The van der Waals surface area contributed by atoms with Crippen molar-refractivity contribution in [1.82, 2.24) is 9.88 Å². The zero-order valence-electron chi connectivity index (χ0n) is 14.9. The van der Waals surface area contributed by atoms with Crippen LogP contribution in [0.5, 0.6) is 5.75 Å². The molecule has 5 nitrogen and oxygen atoms in total. The van der Waals surface area contributed by atoms with Crippen molar-refractivity contribution < 1.29 is 9.53 Å². The Bertz CT molecular complexity index is 758. The van der Waals surface area contributed by atoms with Crippen molar-refractivity contribution in [3.8, 4) is 5.75 Å². The highest BCUT2D eigenvalue weighted by molar-refractivity contribution is 5.85. The number of carbonyl (C=O) groups excluding carboxylic acids is 1. The van der Waals surface area contributed by atoms with Gasteiger partial charge in [0.1, 0.15) is 11.6 Å². The van der Waals surface area contributed by atoms with E-state index in [1.165, 1.54) is 5.56 Å². The number of amides is 1. The minimum absolute atomic E-state index is 0.0527. The predicted molar refractivity (Wildman–Crippen MR) is 96.7 cm³/mol. The van der Waals surface area contributed by atoms with Crippen LogP contribution in [-0.2, 0) is 4.79 Å². The number of carbonyl (C=O) groups is 1. The van der Waals surface area contributed by atoms with Crippen molar-refractivity contribution in [3.63, 3.8) is 0 Å². The Kier molecular flexibility index (Phi) is 4.60. The molecule has 1 amide bonds. The number of hydrogen-bond acceptors (Lipinski definition) is 4. The molecule has 0 radical (unpaired) electrons. The van der Waals surface area contributed by atoms with Gasteiger partial charge in [-0.3, -0.25) is 4.79 Å². The molecule has 2 heterocycles. The van der Waals surface area contributed by atoms with Crippen LogP contribution in [0.25, 0.3) is 10.9 Å². The molecule has 1 aliphatic rings. The van der Waals surface area contributed by atoms with Gasteiger partial charge >= 0.3 is 0 Å². The number of ether oxygens (including phenoxy) is 1. The summed E-state index contributed by atoms with van der Waals surface area (Å²) in [7, 11) is 5.32. The van der Waals surface area contributed by atoms with Gasteiger partial charge in [0.05, 0.1) is 18.5 Å². The van der Waals surface area contributed by atoms with E-state index in [0.717, 1.165) is 48.4 Å². The second-order valence-corrected chi connectivity index (χ2v) is 6.70. The lowest BCUT2D eigenvalue weighted by Crippen LogP contribution is -2.43. The fourth-order valence-electron chi connectivity index (χ4n) is 3.41. The van der Waals surface area contributed by atoms with E-state index in [0.29, 0.717) is 0 Å². The molecule has 1 aliphatic heterocycles. The van der Waals surface area contributed by atoms with E-state index in [9.17, 15) is 4.79 Å². The van der Waals surface area contributed by atoms with Crippen LogP contribution in [0.1, 0.15) is 18.4 Å². The van der Waals surface area contributed by atoms with E-state index in [-0.39, 0.29) is 11.8 Å². The number of aromatic nitrogens is 1. The Morgan fingerprint density at radius 3 is 2.83 bits per heavy atom. The number of pyridine rings is 1. The monoisotopic (exact) mass is 327 g/mol. The molecule has 1 fully saturated rings. The van der Waals surface area contributed by atoms with E-state index in [2.05, 4.69) is 24.0 Å². The molecule has 2 aromatic rings. The van der Waals surface area contributed by atoms with Crippen molar-refractivity contribution in [3.05, 3.63) is 29.8 Å². The number of fused-ring (bicyclic) bond motifs is 1. The van der Waals surface area contributed by atoms with Crippen LogP contribution in [0.15, 0.2) is 24.3 Å². The summed E-state index contributed by atoms with van der Waals surface area (Å²) < 4.78 is 5.32. The lowest BCUT2D eigenvalue weighted by Gasteiger charge is -2.34. The Labute approximate surface area is 143 Å². The van der Waals surface area contributed by atoms with Gasteiger partial charge < -0.3 is 14.5 Å². The van der Waals surface area contributed by atoms with E-state index >= 15 is 0 Å². The highest BCUT2D eigenvalue weighted by atomic mass is 16.5. The number of anilines is 1. The highest BCUT2D eigenvalue weighted by Crippen LogP contribution is 2.28. The van der Waals surface area contributed by atoms with Gasteiger partial charge in [-0.05, 0) is 43.5 Å². The lowest BCUT2D eigenvalue weighted by molar-refractivity contribution is -0.133. The second-order valence-electron chi connectivity index (χ2n) is 6.70. The van der Waals surface area contributed by atoms with Crippen LogP contribution in [-0.4, -0.2) is 50.1 Å². The second kappa shape index (κ2) is 6.67. The van der Waals surface area contributed by atoms with Gasteiger partial charge in [-0.15, -0.1) is 0 Å². The maximum absolute atomic E-state index is 12.3. The third-order valence-electron chi connectivity index (χ3n) is 4.75. The summed E-state index contributed by atoms with van der Waals surface area (Å²) >= 11 is 0. The minimum atomic E-state index is 0.0527. The average molecular weight is 327 g/mol. The molecule has 0 bridgehead atoms. The number of rotatable bonds is 3. The number of benzene rings is 1. The first-order valence-electron chi connectivity index (χ1n) is 8.41. The molecule has 128 valence electrons. The first kappa shape index (κ1) is 16.6. The molecule has 1 aromatic heterocycles. The van der Waals surface area contributed by atoms with Gasteiger partial charge in [0, 0.05) is 38.6 Å². The zero-order valence-corrected chi connectivity index (χ0v) is 14.9. The van der Waals surface area contributed by atoms with Gasteiger partial charge in [-0.25, -0.2) is 4.98 Å². The van der Waals surface area contributed by atoms with E-state index in [4.69, 9.17) is 9.72 Å². The summed E-state index contributed by atoms with van der Waals surface area (Å²) in [5.41, 5.74) is 2.13. The fraction of sp³-hybridized carbons (Fsp3) is 0.474. The molecule has 0 spiro atoms. The van der Waals surface area contributed by atoms with Crippen molar-refractivity contribution in [2.24, 2.45) is 5.92 Å². The van der Waals surface area contributed by atoms with Crippen LogP contribution >= 0.6 is 0 Å². The van der Waals surface area contributed by atoms with Crippen LogP contribution in [0.3, 0.4) is 0 Å². The predicted octanol–water partition coefficient (Wildman–Crippen LogP) is 2.86. The Balaban J connectivity index is 1.92. The first-order valence-corrected chi connectivity index (χ1v) is 8.41. The zero-order chi connectivity index (χ0) is 17.3. The molecule has 1 saturated heterocycles. The Morgan fingerprint density at radius 2 is 2.12 bits per heavy atom. The molecule has 1 atom stereocenters. The van der Waals surface area contributed by atoms with Crippen LogP contribution in [0.2, 0.25) is 0 Å². The average Bonchev–Trinajstić information content (AvgIpc) is 2.60. The smallest absolute Gasteiger partial charge is 0.226 e. The van der Waals surface area contributed by atoms with E-state index in [1.807, 2.05) is 26.2 Å². The normalized spacial score (nSPS) is 17.8. The Morgan fingerprint density at radius 1 is 1.33 bits per heavy atom. The number of hydrogen-bond donors (Lipinski definition) is 0. The first-order chi connectivity index (χ1) is 11.5. The molecule has 5 heteroatoms. The topological polar surface area (TPSA) is 45.7 Å². The van der Waals surface area contributed by atoms with Gasteiger partial charge in [0.15, 0.2) is 0 Å². The summed E-state index contributed by atoms with van der Waals surface area (Å²) in [6, 6.07) is 8.10. The number of nitrogens with zero attached hydrogens (tertiary/aromatic N) is 3. The van der Waals surface area contributed by atoms with Crippen molar-refractivity contribution in [1.29, 1.82) is 0 Å². The molecule has 3 rings (SSSR count). The number of aryl methyl sites for hydroxylation is 1. The summed E-state index contributed by atoms with van der Waals surface area (Å²) in [5.74, 6) is 2.02. The van der Waals surface area contributed by atoms with Crippen LogP contribution < -0.4 is 9.64 Å². The van der Waals surface area contributed by atoms with Crippen molar-refractivity contribution in [2.45, 2.75) is 19.8 Å². The molecule has 1 aromatic carbocycles. The van der Waals surface area contributed by atoms with Gasteiger partial charge in [-0.1, -0.05) is 0 Å². The van der Waals surface area contributed by atoms with Gasteiger partial charge in [0.2, 0.25) is 5.91 Å². The molecule has 0 N–H and O–H groups in total. The largest absolute Gasteiger partial charge is 0.497 e. The molecular formula is C19H25N3O2. The molecule has 24 heavy (non-hydrogen) atoms. The lowest BCUT2D eigenvalue weighted by atomic mass is 9.96. The summed E-state index contributed by atoms with van der Waals surface area (Å²) in [6.45, 7) is 3.78. The highest BCUT2D eigenvalue weighted by Gasteiger charge is 2.27. The molecule has 1 unspecified atom stereocenters. The van der Waals surface area contributed by atoms with Gasteiger partial charge in [0.25, 0.3) is 0 Å². The minimum Gasteiger partial charge on any atom is -0.497 e. The fourth-order valence-corrected chi connectivity index (χ4v) is 3.41. The maximum Gasteiger partial charge on any atom is 0.226 e. The summed E-state index contributed by atoms with van der Waals surface area (Å²) in [5, 5.41) is 1.14. The van der Waals surface area contributed by atoms with E-state index in [1.54, 1.807) is 12.0 Å². The summed E-state index contributed by atoms with van der Waals surface area (Å²) in [4.78, 5) is 21.1. The third kappa shape index (κ3) is 3.16. The number of piperidine rings is 1. The Hall–Kier alpha value is -2.30. The SMILES string of the molecule is COc1ccc2c(C)cc(N3CCCC(C(=O)N(C)C)C3)nc2c1. The quantitative estimate of drug-likeness (QED) is 0.870. The summed E-state index contributed by atoms with van der Waals surface area (Å²) in [6.07, 6.45) is 1.97. The van der Waals surface area contributed by atoms with Gasteiger partial charge in [-0.2, -0.15) is 0 Å². The molecule has 0 saturated carbocycles. The van der Waals surface area contributed by atoms with Crippen LogP contribution in [0.4, 0.5) is 5.82 Å². The van der Waals surface area contributed by atoms with E-state index < -0.39 is 0 Å². The van der Waals surface area contributed by atoms with Crippen molar-refractivity contribution in [2.75, 3.05) is 39.2 Å². The standard InChI is InChI=1S/C19H25N3O2/c1-13-10-18(20-17-11-15(24-4)7-8-16(13)17)22-9-5-6-14(12-22)19(23)21(2)3/h7-8,10-11,14H,5-6,9,12H2,1-4H3. The molecular weight excluding hydrogens is 302 g/mol. The van der Waals surface area contributed by atoms with Crippen molar-refractivity contribution >= 4 is 22.6 Å².